The number of nitrogens with zero attached hydrogens (tertiary/aromatic N) is 1. The molecule has 0 bridgehead atoms. The molecule has 2 heterocycles. The quantitative estimate of drug-likeness (QED) is 0.903. The molecule has 20 heavy (non-hydrogen) atoms. The number of rotatable bonds is 3. The minimum absolute atomic E-state index is 0.194. The smallest absolute Gasteiger partial charge is 0.315 e. The van der Waals surface area contributed by atoms with Gasteiger partial charge in [-0.25, -0.2) is 4.79 Å². The monoisotopic (exact) mass is 273 g/mol. The lowest BCUT2D eigenvalue weighted by atomic mass is 10.1. The number of nitrogens with one attached hydrogen (secondary N) is 2. The van der Waals surface area contributed by atoms with Crippen molar-refractivity contribution in [3.05, 3.63) is 42.4 Å². The van der Waals surface area contributed by atoms with Crippen molar-refractivity contribution >= 4 is 6.03 Å². The Labute approximate surface area is 118 Å². The van der Waals surface area contributed by atoms with Gasteiger partial charge in [0.2, 0.25) is 0 Å². The predicted octanol–water partition coefficient (Wildman–Crippen LogP) is 2.94. The molecule has 0 aromatic carbocycles. The maximum absolute atomic E-state index is 11.7. The molecule has 5 heteroatoms. The molecule has 2 amide bonds. The number of amides is 2. The second-order valence-corrected chi connectivity index (χ2v) is 5.62. The fourth-order valence-corrected chi connectivity index (χ4v) is 1.73. The van der Waals surface area contributed by atoms with E-state index < -0.39 is 0 Å². The molecule has 0 unspecified atom stereocenters. The van der Waals surface area contributed by atoms with Crippen molar-refractivity contribution in [3.63, 3.8) is 0 Å². The Morgan fingerprint density at radius 2 is 2.15 bits per heavy atom. The summed E-state index contributed by atoms with van der Waals surface area (Å²) < 4.78 is 5.33. The third kappa shape index (κ3) is 4.12. The third-order valence-corrected chi connectivity index (χ3v) is 2.54. The van der Waals surface area contributed by atoms with E-state index in [1.807, 2.05) is 39.0 Å². The van der Waals surface area contributed by atoms with Crippen LogP contribution in [0.15, 0.2) is 41.3 Å². The Morgan fingerprint density at radius 3 is 2.80 bits per heavy atom. The molecular weight excluding hydrogens is 254 g/mol. The molecule has 5 nitrogen and oxygen atoms in total. The van der Waals surface area contributed by atoms with Crippen LogP contribution in [-0.4, -0.2) is 16.6 Å². The molecule has 0 saturated carbocycles. The van der Waals surface area contributed by atoms with Crippen LogP contribution in [0.4, 0.5) is 4.79 Å². The van der Waals surface area contributed by atoms with Crippen LogP contribution >= 0.6 is 0 Å². The van der Waals surface area contributed by atoms with Crippen molar-refractivity contribution in [2.75, 3.05) is 0 Å². The van der Waals surface area contributed by atoms with Gasteiger partial charge < -0.3 is 15.1 Å². The van der Waals surface area contributed by atoms with Gasteiger partial charge in [-0.1, -0.05) is 0 Å². The number of hydrogen-bond donors (Lipinski definition) is 2. The maximum Gasteiger partial charge on any atom is 0.315 e. The van der Waals surface area contributed by atoms with E-state index in [4.69, 9.17) is 4.42 Å². The first kappa shape index (κ1) is 14.1. The molecule has 106 valence electrons. The van der Waals surface area contributed by atoms with Gasteiger partial charge in [-0.3, -0.25) is 4.98 Å². The molecule has 0 fully saturated rings. The van der Waals surface area contributed by atoms with E-state index in [0.29, 0.717) is 6.54 Å². The van der Waals surface area contributed by atoms with Crippen LogP contribution in [0.5, 0.6) is 0 Å². The summed E-state index contributed by atoms with van der Waals surface area (Å²) in [6.45, 7) is 6.23. The summed E-state index contributed by atoms with van der Waals surface area (Å²) in [4.78, 5) is 15.8. The summed E-state index contributed by atoms with van der Waals surface area (Å²) in [5, 5.41) is 5.65. The van der Waals surface area contributed by atoms with Crippen LogP contribution in [-0.2, 0) is 6.54 Å². The summed E-state index contributed by atoms with van der Waals surface area (Å²) in [7, 11) is 0. The topological polar surface area (TPSA) is 67.2 Å². The van der Waals surface area contributed by atoms with E-state index in [1.165, 1.54) is 0 Å². The second-order valence-electron chi connectivity index (χ2n) is 5.62. The fraction of sp³-hybridized carbons (Fsp3) is 0.333. The Balaban J connectivity index is 1.97. The lowest BCUT2D eigenvalue weighted by Crippen LogP contribution is -2.46. The van der Waals surface area contributed by atoms with Gasteiger partial charge in [-0.05, 0) is 44.5 Å². The van der Waals surface area contributed by atoms with Gasteiger partial charge >= 0.3 is 6.03 Å². The molecule has 2 rings (SSSR count). The Bertz CT molecular complexity index is 571. The van der Waals surface area contributed by atoms with E-state index in [0.717, 1.165) is 16.9 Å². The molecular formula is C15H19N3O2. The number of furan rings is 1. The molecule has 0 spiro atoms. The van der Waals surface area contributed by atoms with Crippen molar-refractivity contribution in [2.24, 2.45) is 0 Å². The summed E-state index contributed by atoms with van der Waals surface area (Å²) in [5.41, 5.74) is 1.56. The Morgan fingerprint density at radius 1 is 1.35 bits per heavy atom. The van der Waals surface area contributed by atoms with Gasteiger partial charge in [-0.15, -0.1) is 0 Å². The molecule has 0 aliphatic carbocycles. The summed E-state index contributed by atoms with van der Waals surface area (Å²) in [6, 6.07) is 5.46. The SMILES string of the molecule is CC(C)(C)NC(=O)NCc1cncc(-c2ccco2)c1. The first-order valence-electron chi connectivity index (χ1n) is 6.48. The first-order chi connectivity index (χ1) is 9.44. The number of carbonyl (C=O) groups excluding carboxylic acids is 1. The Hall–Kier alpha value is -2.30. The van der Waals surface area contributed by atoms with Crippen molar-refractivity contribution in [1.29, 1.82) is 0 Å². The van der Waals surface area contributed by atoms with Crippen LogP contribution in [0.2, 0.25) is 0 Å². The highest BCUT2D eigenvalue weighted by Crippen LogP contribution is 2.19. The highest BCUT2D eigenvalue weighted by atomic mass is 16.3. The summed E-state index contributed by atoms with van der Waals surface area (Å²) in [6.07, 6.45) is 5.08. The molecule has 0 atom stereocenters. The average molecular weight is 273 g/mol. The molecule has 0 aliphatic heterocycles. The van der Waals surface area contributed by atoms with Gasteiger partial charge in [0, 0.05) is 30.0 Å². The lowest BCUT2D eigenvalue weighted by Gasteiger charge is -2.20. The van der Waals surface area contributed by atoms with Crippen LogP contribution in [0.3, 0.4) is 0 Å². The van der Waals surface area contributed by atoms with Crippen LogP contribution in [0.1, 0.15) is 26.3 Å². The average Bonchev–Trinajstić information content (AvgIpc) is 2.88. The van der Waals surface area contributed by atoms with Crippen LogP contribution < -0.4 is 10.6 Å². The normalized spacial score (nSPS) is 11.2. The zero-order valence-corrected chi connectivity index (χ0v) is 11.9. The lowest BCUT2D eigenvalue weighted by molar-refractivity contribution is 0.231. The largest absolute Gasteiger partial charge is 0.464 e. The summed E-state index contributed by atoms with van der Waals surface area (Å²) >= 11 is 0. The highest BCUT2D eigenvalue weighted by Gasteiger charge is 2.13. The van der Waals surface area contributed by atoms with E-state index in [9.17, 15) is 4.79 Å². The number of hydrogen-bond acceptors (Lipinski definition) is 3. The number of urea groups is 1. The second kappa shape index (κ2) is 5.77. The van der Waals surface area contributed by atoms with E-state index >= 15 is 0 Å². The molecule has 0 saturated heterocycles. The predicted molar refractivity (Wildman–Crippen MR) is 77.1 cm³/mol. The summed E-state index contributed by atoms with van der Waals surface area (Å²) in [5.74, 6) is 0.762. The van der Waals surface area contributed by atoms with Gasteiger partial charge in [0.25, 0.3) is 0 Å². The number of carbonyl (C=O) groups is 1. The van der Waals surface area contributed by atoms with Gasteiger partial charge in [0.15, 0.2) is 0 Å². The molecule has 0 radical (unpaired) electrons. The fourth-order valence-electron chi connectivity index (χ4n) is 1.73. The zero-order chi connectivity index (χ0) is 14.6. The van der Waals surface area contributed by atoms with Crippen molar-refractivity contribution < 1.29 is 9.21 Å². The zero-order valence-electron chi connectivity index (χ0n) is 11.9. The Kier molecular flexibility index (Phi) is 4.08. The molecule has 2 aromatic heterocycles. The van der Waals surface area contributed by atoms with Crippen molar-refractivity contribution in [2.45, 2.75) is 32.9 Å². The van der Waals surface area contributed by atoms with Crippen LogP contribution in [0.25, 0.3) is 11.3 Å². The molecule has 2 aromatic rings. The van der Waals surface area contributed by atoms with Crippen LogP contribution in [0, 0.1) is 0 Å². The maximum atomic E-state index is 11.7. The highest BCUT2D eigenvalue weighted by molar-refractivity contribution is 5.74. The van der Waals surface area contributed by atoms with Crippen molar-refractivity contribution in [3.8, 4) is 11.3 Å². The van der Waals surface area contributed by atoms with E-state index in [-0.39, 0.29) is 11.6 Å². The molecule has 2 N–H and O–H groups in total. The van der Waals surface area contributed by atoms with E-state index in [2.05, 4.69) is 15.6 Å². The number of aromatic nitrogens is 1. The minimum atomic E-state index is -0.252. The van der Waals surface area contributed by atoms with Gasteiger partial charge in [0.1, 0.15) is 5.76 Å². The number of pyridine rings is 1. The van der Waals surface area contributed by atoms with Gasteiger partial charge in [-0.2, -0.15) is 0 Å². The van der Waals surface area contributed by atoms with Crippen molar-refractivity contribution in [1.82, 2.24) is 15.6 Å². The third-order valence-electron chi connectivity index (χ3n) is 2.54. The molecule has 0 aliphatic rings. The van der Waals surface area contributed by atoms with Gasteiger partial charge in [0.05, 0.1) is 6.26 Å². The van der Waals surface area contributed by atoms with E-state index in [1.54, 1.807) is 18.7 Å². The minimum Gasteiger partial charge on any atom is -0.464 e. The standard InChI is InChI=1S/C15H19N3O2/c1-15(2,3)18-14(19)17-9-11-7-12(10-16-8-11)13-5-4-6-20-13/h4-8,10H,9H2,1-3H3,(H2,17,18,19). The first-order valence-corrected chi connectivity index (χ1v) is 6.48.